The Bertz CT molecular complexity index is 338. The molecule has 2 aliphatic heterocycles. The fourth-order valence-electron chi connectivity index (χ4n) is 1.74. The lowest BCUT2D eigenvalue weighted by Crippen LogP contribution is -2.93. The number of quaternary nitrogens is 1. The summed E-state index contributed by atoms with van der Waals surface area (Å²) in [5.41, 5.74) is 0.240. The Kier molecular flexibility index (Phi) is 3.07. The van der Waals surface area contributed by atoms with Crippen molar-refractivity contribution in [2.45, 2.75) is 19.4 Å². The predicted octanol–water partition coefficient (Wildman–Crippen LogP) is -3.02. The van der Waals surface area contributed by atoms with E-state index in [0.717, 1.165) is 0 Å². The number of nitrogens with two attached hydrogens (primary N) is 1. The molecular formula is C9H16N4O4. The summed E-state index contributed by atoms with van der Waals surface area (Å²) in [5, 5.41) is 15.8. The van der Waals surface area contributed by atoms with Gasteiger partial charge in [-0.05, 0) is 13.8 Å². The number of ether oxygens (including phenoxy) is 1. The third kappa shape index (κ3) is 2.27. The lowest BCUT2D eigenvalue weighted by atomic mass is 10.0. The summed E-state index contributed by atoms with van der Waals surface area (Å²) in [6.45, 7) is 5.60. The van der Waals surface area contributed by atoms with E-state index in [1.165, 1.54) is 10.7 Å². The summed E-state index contributed by atoms with van der Waals surface area (Å²) in [6, 6.07) is 0. The zero-order chi connectivity index (χ0) is 12.5. The minimum absolute atomic E-state index is 0.0981. The summed E-state index contributed by atoms with van der Waals surface area (Å²) in [4.78, 5) is 18.6. The largest absolute Gasteiger partial charge is 0.524 e. The van der Waals surface area contributed by atoms with Crippen molar-refractivity contribution in [2.24, 2.45) is 5.10 Å². The molecule has 2 N–H and O–H groups in total. The maximum atomic E-state index is 12.3. The summed E-state index contributed by atoms with van der Waals surface area (Å²) >= 11 is 0. The number of morpholine rings is 1. The van der Waals surface area contributed by atoms with Crippen molar-refractivity contribution in [3.63, 3.8) is 0 Å². The van der Waals surface area contributed by atoms with Gasteiger partial charge in [0.05, 0.1) is 13.2 Å². The van der Waals surface area contributed by atoms with Gasteiger partial charge < -0.3 is 19.6 Å². The summed E-state index contributed by atoms with van der Waals surface area (Å²) in [6.07, 6.45) is -0.701. The van der Waals surface area contributed by atoms with Crippen LogP contribution in [0, 0.1) is 0 Å². The van der Waals surface area contributed by atoms with Crippen molar-refractivity contribution >= 4 is 12.0 Å². The predicted molar refractivity (Wildman–Crippen MR) is 53.8 cm³/mol. The first kappa shape index (κ1) is 11.9. The van der Waals surface area contributed by atoms with E-state index in [4.69, 9.17) is 4.74 Å². The summed E-state index contributed by atoms with van der Waals surface area (Å²) in [5.74, 6) is -0.0981. The highest BCUT2D eigenvalue weighted by Gasteiger charge is 2.42. The Labute approximate surface area is 98.7 Å². The van der Waals surface area contributed by atoms with Gasteiger partial charge in [0.2, 0.25) is 6.08 Å². The SMILES string of the molecule is CC(C)(C(=O)N1CCOCC1)N1N=C([O-])O[NH2+]1. The molecule has 0 unspecified atom stereocenters. The highest BCUT2D eigenvalue weighted by molar-refractivity contribution is 5.85. The number of hydrogen-bond donors (Lipinski definition) is 1. The Morgan fingerprint density at radius 3 is 2.65 bits per heavy atom. The lowest BCUT2D eigenvalue weighted by molar-refractivity contribution is -0.978. The van der Waals surface area contributed by atoms with Crippen LogP contribution in [0.2, 0.25) is 0 Å². The molecule has 1 amide bonds. The Morgan fingerprint density at radius 2 is 2.12 bits per heavy atom. The standard InChI is InChI=1S/C9H16N4O4/c1-9(2,13-10-8(15)17-11-13)7(14)12-3-5-16-6-4-12/h11H,3-6H2,1-2H3,(H,10,15). The van der Waals surface area contributed by atoms with E-state index in [0.29, 0.717) is 26.3 Å². The molecule has 1 saturated heterocycles. The van der Waals surface area contributed by atoms with E-state index in [-0.39, 0.29) is 5.91 Å². The van der Waals surface area contributed by atoms with Crippen molar-refractivity contribution in [3.05, 3.63) is 0 Å². The topological polar surface area (TPSA) is 94.0 Å². The molecule has 17 heavy (non-hydrogen) atoms. The second-order valence-corrected chi connectivity index (χ2v) is 4.40. The molecule has 0 aliphatic carbocycles. The first-order chi connectivity index (χ1) is 8.01. The molecule has 8 nitrogen and oxygen atoms in total. The van der Waals surface area contributed by atoms with Crippen LogP contribution in [0.4, 0.5) is 0 Å². The molecule has 1 fully saturated rings. The number of hydrazone groups is 1. The second-order valence-electron chi connectivity index (χ2n) is 4.40. The van der Waals surface area contributed by atoms with Crippen LogP contribution in [0.25, 0.3) is 0 Å². The number of nitrogens with zero attached hydrogens (tertiary/aromatic N) is 3. The number of rotatable bonds is 2. The van der Waals surface area contributed by atoms with Gasteiger partial charge >= 0.3 is 0 Å². The third-order valence-electron chi connectivity index (χ3n) is 2.84. The first-order valence-electron chi connectivity index (χ1n) is 5.44. The van der Waals surface area contributed by atoms with E-state index >= 15 is 0 Å². The molecule has 0 atom stereocenters. The van der Waals surface area contributed by atoms with Crippen molar-refractivity contribution in [1.29, 1.82) is 0 Å². The molecule has 0 aromatic heterocycles. The van der Waals surface area contributed by atoms with Crippen LogP contribution in [0.5, 0.6) is 0 Å². The van der Waals surface area contributed by atoms with E-state index < -0.39 is 11.6 Å². The van der Waals surface area contributed by atoms with Gasteiger partial charge in [0.1, 0.15) is 0 Å². The average molecular weight is 244 g/mol. The first-order valence-corrected chi connectivity index (χ1v) is 5.44. The monoisotopic (exact) mass is 244 g/mol. The van der Waals surface area contributed by atoms with E-state index in [2.05, 4.69) is 9.94 Å². The van der Waals surface area contributed by atoms with Gasteiger partial charge in [-0.15, -0.1) is 15.8 Å². The highest BCUT2D eigenvalue weighted by Crippen LogP contribution is 2.16. The van der Waals surface area contributed by atoms with E-state index in [1.54, 1.807) is 18.7 Å². The normalized spacial score (nSPS) is 21.2. The fraction of sp³-hybridized carbons (Fsp3) is 0.778. The smallest absolute Gasteiger partial charge is 0.255 e. The summed E-state index contributed by atoms with van der Waals surface area (Å²) < 4.78 is 5.19. The number of amides is 1. The van der Waals surface area contributed by atoms with Crippen LogP contribution in [0.1, 0.15) is 13.8 Å². The van der Waals surface area contributed by atoms with Gasteiger partial charge in [-0.25, -0.2) is 0 Å². The molecule has 96 valence electrons. The van der Waals surface area contributed by atoms with Crippen molar-refractivity contribution in [3.8, 4) is 0 Å². The minimum atomic E-state index is -0.927. The summed E-state index contributed by atoms with van der Waals surface area (Å²) in [7, 11) is 0. The zero-order valence-electron chi connectivity index (χ0n) is 9.88. The quantitative estimate of drug-likeness (QED) is 0.522. The zero-order valence-corrected chi connectivity index (χ0v) is 9.88. The van der Waals surface area contributed by atoms with Crippen molar-refractivity contribution in [2.75, 3.05) is 26.3 Å². The van der Waals surface area contributed by atoms with E-state index in [9.17, 15) is 9.90 Å². The molecule has 2 rings (SSSR count). The molecule has 2 heterocycles. The maximum absolute atomic E-state index is 12.3. The van der Waals surface area contributed by atoms with Gasteiger partial charge in [0.25, 0.3) is 5.91 Å². The Hall–Kier alpha value is -1.54. The van der Waals surface area contributed by atoms with Crippen LogP contribution in [0.3, 0.4) is 0 Å². The molecule has 8 heteroatoms. The van der Waals surface area contributed by atoms with Crippen molar-refractivity contribution < 1.29 is 25.1 Å². The average Bonchev–Trinajstić information content (AvgIpc) is 2.77. The van der Waals surface area contributed by atoms with Gasteiger partial charge in [-0.3, -0.25) is 4.79 Å². The van der Waals surface area contributed by atoms with Gasteiger partial charge in [0, 0.05) is 13.1 Å². The van der Waals surface area contributed by atoms with Crippen LogP contribution in [-0.2, 0) is 14.4 Å². The van der Waals surface area contributed by atoms with Crippen LogP contribution < -0.4 is 10.7 Å². The van der Waals surface area contributed by atoms with Crippen LogP contribution >= 0.6 is 0 Å². The lowest BCUT2D eigenvalue weighted by Gasteiger charge is -2.35. The van der Waals surface area contributed by atoms with Gasteiger partial charge in [-0.1, -0.05) is 0 Å². The Morgan fingerprint density at radius 1 is 1.47 bits per heavy atom. The van der Waals surface area contributed by atoms with Gasteiger partial charge in [0.15, 0.2) is 5.54 Å². The minimum Gasteiger partial charge on any atom is -0.524 e. The van der Waals surface area contributed by atoms with Crippen molar-refractivity contribution in [1.82, 2.24) is 10.0 Å². The third-order valence-corrected chi connectivity index (χ3v) is 2.84. The maximum Gasteiger partial charge on any atom is 0.255 e. The molecule has 2 aliphatic rings. The highest BCUT2D eigenvalue weighted by atomic mass is 16.8. The molecule has 0 aromatic carbocycles. The molecule has 0 bridgehead atoms. The molecule has 0 spiro atoms. The molecular weight excluding hydrogens is 228 g/mol. The number of hydrogen-bond acceptors (Lipinski definition) is 6. The Balaban J connectivity index is 2.06. The fourth-order valence-corrected chi connectivity index (χ4v) is 1.74. The van der Waals surface area contributed by atoms with Crippen LogP contribution in [0.15, 0.2) is 5.10 Å². The van der Waals surface area contributed by atoms with Crippen LogP contribution in [-0.4, -0.2) is 53.9 Å². The van der Waals surface area contributed by atoms with Gasteiger partial charge in [-0.2, -0.15) is 0 Å². The second kappa shape index (κ2) is 4.38. The molecule has 0 saturated carbocycles. The number of carbonyl (C=O) groups excluding carboxylic acids is 1. The molecule has 0 radical (unpaired) electrons. The molecule has 0 aromatic rings. The van der Waals surface area contributed by atoms with E-state index in [1.807, 2.05) is 0 Å². The number of carbonyl (C=O) groups is 1.